The summed E-state index contributed by atoms with van der Waals surface area (Å²) in [5.74, 6) is 43.2. The van der Waals surface area contributed by atoms with Gasteiger partial charge >= 0.3 is 34.5 Å². The molecule has 336 valence electrons. The van der Waals surface area contributed by atoms with Gasteiger partial charge in [-0.05, 0) is 107 Å². The first-order valence-electron chi connectivity index (χ1n) is 19.5. The average molecular weight is 1070 g/mol. The number of fused-ring (bicyclic) bond motifs is 2. The second-order valence-corrected chi connectivity index (χ2v) is 19.1. The predicted octanol–water partition coefficient (Wildman–Crippen LogP) is 6.07. The van der Waals surface area contributed by atoms with Crippen molar-refractivity contribution in [2.24, 2.45) is 11.5 Å². The third-order valence-electron chi connectivity index (χ3n) is 9.17. The van der Waals surface area contributed by atoms with E-state index in [0.717, 1.165) is 22.6 Å². The molecule has 2 heterocycles. The third kappa shape index (κ3) is 15.7. The van der Waals surface area contributed by atoms with Crippen LogP contribution in [0.5, 0.6) is 34.5 Å². The van der Waals surface area contributed by atoms with Gasteiger partial charge in [0, 0.05) is 59.4 Å². The van der Waals surface area contributed by atoms with Crippen LogP contribution in [0.2, 0.25) is 0 Å². The summed E-state index contributed by atoms with van der Waals surface area (Å²) in [4.78, 5) is 0. The van der Waals surface area contributed by atoms with Crippen LogP contribution in [0.15, 0.2) is 72.8 Å². The van der Waals surface area contributed by atoms with E-state index < -0.39 is 21.9 Å². The molecule has 4 aromatic rings. The van der Waals surface area contributed by atoms with Crippen LogP contribution >= 0.6 is 35.2 Å². The molecule has 0 spiro atoms. The normalized spacial score (nSPS) is 10.8. The Bertz CT molecular complexity index is 2910. The van der Waals surface area contributed by atoms with Gasteiger partial charge in [0.15, 0.2) is 38.8 Å². The molecule has 0 saturated heterocycles. The van der Waals surface area contributed by atoms with Crippen molar-refractivity contribution < 1.29 is 48.7 Å². The maximum atomic E-state index is 12.4. The second kappa shape index (κ2) is 29.9. The van der Waals surface area contributed by atoms with Crippen molar-refractivity contribution in [1.82, 2.24) is 0 Å². The van der Waals surface area contributed by atoms with E-state index >= 15 is 0 Å². The number of nitrogens with two attached hydrogens (primary N) is 2. The molecule has 5 N–H and O–H groups in total. The summed E-state index contributed by atoms with van der Waals surface area (Å²) < 4.78 is 33.4. The number of hydrogen-bond acceptors (Lipinski definition) is 9. The number of halogens is 2. The Balaban J connectivity index is 0.000000373. The Morgan fingerprint density at radius 1 is 0.522 bits per heavy atom. The summed E-state index contributed by atoms with van der Waals surface area (Å²) >= 11 is -0.346. The van der Waals surface area contributed by atoms with Gasteiger partial charge in [0.1, 0.15) is 50.9 Å². The molecule has 6 rings (SSSR count). The minimum absolute atomic E-state index is 0.0632. The summed E-state index contributed by atoms with van der Waals surface area (Å²) in [6, 6.07) is 21.7. The standard InChI is InChI=1S/C39H14O5P2.C16H20N2O2.2ClH.Ru/c1-5-9-13-17-25-45(26-18-14-10-6-2)33-23-21-31-38(43-29-41-31)35(33)37(40)36-34(24-22-32-39(36)44-30-42-32)46(27-19-15-11-7-3)28-20-16-12-8-4;1-19-13-7-3-11(4-8-13)15(17)16(18)12-5-9-14(20-2)10-6-12;;;/h1-4,21-24,37,40H,29-30H2;3-10,15-16H,17-18H2,1-2H3;2*1H;/q;;;;+4. The Labute approximate surface area is 421 Å². The van der Waals surface area contributed by atoms with Gasteiger partial charge in [-0.3, -0.25) is 0 Å². The van der Waals surface area contributed by atoms with Crippen molar-refractivity contribution in [3.05, 3.63) is 95.1 Å². The van der Waals surface area contributed by atoms with Crippen LogP contribution in [-0.2, 0) is 15.1 Å². The Kier molecular flexibility index (Phi) is 23.4. The molecule has 0 radical (unpaired) electrons. The summed E-state index contributed by atoms with van der Waals surface area (Å²) in [6.45, 7) is -0.126. The van der Waals surface area contributed by atoms with Crippen molar-refractivity contribution in [2.75, 3.05) is 27.8 Å². The quantitative estimate of drug-likeness (QED) is 0.104. The number of hydrogen-bond donors (Lipinski definition) is 3. The van der Waals surface area contributed by atoms with Gasteiger partial charge in [0.25, 0.3) is 0 Å². The van der Waals surface area contributed by atoms with E-state index in [0.29, 0.717) is 44.7 Å². The molecule has 0 amide bonds. The van der Waals surface area contributed by atoms with E-state index in [1.54, 1.807) is 38.5 Å². The number of aliphatic hydroxyl groups is 1. The van der Waals surface area contributed by atoms with Gasteiger partial charge in [0.2, 0.25) is 13.6 Å². The molecule has 2 aliphatic heterocycles. The molecular weight excluding hydrogens is 1030 g/mol. The molecular formula is C55H36Cl2N2O7P2Ru+4. The minimum atomic E-state index is -2.13. The van der Waals surface area contributed by atoms with Crippen LogP contribution in [0.1, 0.15) is 40.4 Å². The molecule has 69 heavy (non-hydrogen) atoms. The van der Waals surface area contributed by atoms with Gasteiger partial charge < -0.3 is 45.0 Å². The molecule has 0 aromatic heterocycles. The van der Waals surface area contributed by atoms with Gasteiger partial charge in [-0.1, -0.05) is 24.3 Å². The van der Waals surface area contributed by atoms with Crippen LogP contribution in [0.25, 0.3) is 0 Å². The molecule has 14 heteroatoms. The Morgan fingerprint density at radius 2 is 0.841 bits per heavy atom. The first-order valence-corrected chi connectivity index (χ1v) is 27.0. The van der Waals surface area contributed by atoms with Gasteiger partial charge in [-0.25, -0.2) is 0 Å². The monoisotopic (exact) mass is 1070 g/mol. The topological polar surface area (TPSA) is 128 Å². The number of aliphatic hydroxyl groups excluding tert-OH is 1. The molecule has 4 aromatic carbocycles. The zero-order valence-corrected chi connectivity index (χ0v) is 41.8. The fourth-order valence-electron chi connectivity index (χ4n) is 6.15. The Morgan fingerprint density at radius 3 is 1.13 bits per heavy atom. The number of methoxy groups -OCH3 is 2. The number of rotatable bonds is 9. The van der Waals surface area contributed by atoms with Gasteiger partial charge in [-0.15, -0.1) is 25.7 Å². The first-order chi connectivity index (χ1) is 33.7. The van der Waals surface area contributed by atoms with Crippen LogP contribution < -0.4 is 50.5 Å². The number of benzene rings is 4. The first kappa shape index (κ1) is 54.0. The van der Waals surface area contributed by atoms with E-state index in [4.69, 9.17) is 85.0 Å². The number of ether oxygens (including phenoxy) is 6. The molecule has 2 atom stereocenters. The molecule has 2 aliphatic rings. The van der Waals surface area contributed by atoms with Crippen LogP contribution in [0.3, 0.4) is 0 Å². The second-order valence-electron chi connectivity index (χ2n) is 12.9. The average Bonchev–Trinajstić information content (AvgIpc) is 4.08. The van der Waals surface area contributed by atoms with Crippen LogP contribution in [-0.4, -0.2) is 32.9 Å². The van der Waals surface area contributed by atoms with Gasteiger partial charge in [-0.2, -0.15) is 0 Å². The van der Waals surface area contributed by atoms with Crippen molar-refractivity contribution in [1.29, 1.82) is 0 Å². The summed E-state index contributed by atoms with van der Waals surface area (Å²) in [7, 11) is 8.73. The van der Waals surface area contributed by atoms with Crippen molar-refractivity contribution in [3.63, 3.8) is 0 Å². The molecule has 0 aliphatic carbocycles. The predicted molar refractivity (Wildman–Crippen MR) is 274 cm³/mol. The van der Waals surface area contributed by atoms with Crippen molar-refractivity contribution >= 4 is 45.8 Å². The number of terminal acetylenes is 4. The maximum absolute atomic E-state index is 12.4. The summed E-state index contributed by atoms with van der Waals surface area (Å²) in [5, 5.41) is 13.5. The zero-order valence-electron chi connectivity index (χ0n) is 36.5. The van der Waals surface area contributed by atoms with Crippen LogP contribution in [0, 0.1) is 143 Å². The van der Waals surface area contributed by atoms with E-state index in [1.807, 2.05) is 48.5 Å². The molecule has 0 saturated carbocycles. The van der Waals surface area contributed by atoms with Crippen LogP contribution in [0.4, 0.5) is 0 Å². The molecule has 9 nitrogen and oxygen atoms in total. The van der Waals surface area contributed by atoms with E-state index in [1.165, 1.54) is 0 Å². The summed E-state index contributed by atoms with van der Waals surface area (Å²) in [6.07, 6.45) is 19.6. The Hall–Kier alpha value is -7.66. The SMILES string of the molecule is C#CC#CC#C[PH+](C#CC#CC#C)c1ccc2c(c1C(O)c1c([PH+](C#CC#CC#C)C#CC#CC#C)ccc3c1OCO3)OCO2.COc1ccc(C(N)C(N)c2ccc(OC)cc2)cc1.[Cl][Ru+2][Cl]. The third-order valence-corrected chi connectivity index (χ3v) is 12.6. The summed E-state index contributed by atoms with van der Waals surface area (Å²) in [5.41, 5.74) is 27.5. The van der Waals surface area contributed by atoms with Crippen molar-refractivity contribution in [3.8, 4) is 178 Å². The van der Waals surface area contributed by atoms with Crippen molar-refractivity contribution in [2.45, 2.75) is 18.2 Å². The van der Waals surface area contributed by atoms with Gasteiger partial charge in [0.05, 0.1) is 25.3 Å². The zero-order chi connectivity index (χ0) is 49.8. The molecule has 0 bridgehead atoms. The van der Waals surface area contributed by atoms with E-state index in [-0.39, 0.29) is 40.8 Å². The molecule has 2 unspecified atom stereocenters. The fraction of sp³-hybridized carbons (Fsp3) is 0.127. The van der Waals surface area contributed by atoms with E-state index in [9.17, 15) is 5.11 Å². The fourth-order valence-corrected chi connectivity index (χ4v) is 9.11. The molecule has 0 fully saturated rings. The van der Waals surface area contributed by atoms with E-state index in [2.05, 4.69) is 117 Å².